The van der Waals surface area contributed by atoms with Crippen LogP contribution in [0.2, 0.25) is 0 Å². The molecule has 2 aromatic rings. The van der Waals surface area contributed by atoms with E-state index in [1.165, 1.54) is 18.2 Å². The van der Waals surface area contributed by atoms with E-state index >= 15 is 0 Å². The highest BCUT2D eigenvalue weighted by Crippen LogP contribution is 2.28. The monoisotopic (exact) mass is 356 g/mol. The second kappa shape index (κ2) is 7.77. The maximum Gasteiger partial charge on any atom is 0.315 e. The lowest BCUT2D eigenvalue weighted by Crippen LogP contribution is -2.46. The van der Waals surface area contributed by atoms with Gasteiger partial charge in [0.25, 0.3) is 11.6 Å². The first-order valence-electron chi connectivity index (χ1n) is 8.14. The van der Waals surface area contributed by atoms with E-state index in [-0.39, 0.29) is 17.8 Å². The van der Waals surface area contributed by atoms with Crippen LogP contribution in [0.15, 0.2) is 48.5 Å². The van der Waals surface area contributed by atoms with Gasteiger partial charge in [-0.1, -0.05) is 37.3 Å². The van der Waals surface area contributed by atoms with Crippen molar-refractivity contribution in [3.8, 4) is 0 Å². The van der Waals surface area contributed by atoms with Crippen LogP contribution in [0, 0.1) is 17.0 Å². The first-order valence-corrected chi connectivity index (χ1v) is 8.14. The van der Waals surface area contributed by atoms with Crippen molar-refractivity contribution in [2.75, 3.05) is 6.54 Å². The molecule has 1 atom stereocenters. The van der Waals surface area contributed by atoms with Crippen molar-refractivity contribution >= 4 is 17.6 Å². The fourth-order valence-corrected chi connectivity index (χ4v) is 2.88. The number of nitrogens with one attached hydrogen (secondary N) is 1. The number of nitro groups is 1. The van der Waals surface area contributed by atoms with Crippen LogP contribution in [0.3, 0.4) is 0 Å². The maximum absolute atomic E-state index is 12.5. The molecule has 0 aliphatic rings. The number of carboxylic acids is 1. The smallest absolute Gasteiger partial charge is 0.315 e. The zero-order valence-electron chi connectivity index (χ0n) is 14.6. The Labute approximate surface area is 150 Å². The molecule has 2 aromatic carbocycles. The predicted octanol–water partition coefficient (Wildman–Crippen LogP) is 3.07. The topological polar surface area (TPSA) is 110 Å². The molecule has 0 aliphatic carbocycles. The normalized spacial score (nSPS) is 12.8. The van der Waals surface area contributed by atoms with Crippen molar-refractivity contribution in [3.63, 3.8) is 0 Å². The molecular formula is C19H20N2O5. The van der Waals surface area contributed by atoms with E-state index in [1.807, 2.05) is 0 Å². The number of carbonyl (C=O) groups excluding carboxylic acids is 1. The number of aryl methyl sites for hydroxylation is 1. The predicted molar refractivity (Wildman–Crippen MR) is 96.2 cm³/mol. The zero-order chi connectivity index (χ0) is 19.3. The van der Waals surface area contributed by atoms with Crippen LogP contribution >= 0.6 is 0 Å². The molecule has 26 heavy (non-hydrogen) atoms. The summed E-state index contributed by atoms with van der Waals surface area (Å²) in [5, 5.41) is 23.3. The van der Waals surface area contributed by atoms with Crippen molar-refractivity contribution in [3.05, 3.63) is 75.3 Å². The summed E-state index contributed by atoms with van der Waals surface area (Å²) in [6, 6.07) is 12.7. The van der Waals surface area contributed by atoms with Gasteiger partial charge < -0.3 is 10.4 Å². The highest BCUT2D eigenvalue weighted by molar-refractivity contribution is 5.96. The molecule has 1 amide bonds. The minimum atomic E-state index is -1.24. The summed E-state index contributed by atoms with van der Waals surface area (Å²) in [7, 11) is 0. The molecule has 0 aliphatic heterocycles. The number of non-ortho nitro benzene ring substituents is 1. The Kier molecular flexibility index (Phi) is 5.71. The second-order valence-corrected chi connectivity index (χ2v) is 6.05. The van der Waals surface area contributed by atoms with E-state index < -0.39 is 22.2 Å². The van der Waals surface area contributed by atoms with Crippen LogP contribution < -0.4 is 5.32 Å². The molecule has 0 bridgehead atoms. The third-order valence-corrected chi connectivity index (χ3v) is 4.56. The second-order valence-electron chi connectivity index (χ2n) is 6.05. The number of carboxylic acid groups (broad SMARTS) is 1. The first kappa shape index (κ1) is 19.1. The zero-order valence-corrected chi connectivity index (χ0v) is 14.6. The fraction of sp³-hybridized carbons (Fsp3) is 0.263. The Balaban J connectivity index is 2.25. The number of rotatable bonds is 7. The number of carbonyl (C=O) groups is 2. The standard InChI is InChI=1S/C19H20N2O5/c1-3-19(18(23)24,14-7-5-4-6-8-14)12-20-17(22)16-10-9-15(21(25)26)11-13(16)2/h4-11H,3,12H2,1-2H3,(H,20,22)(H,23,24). The Morgan fingerprint density at radius 1 is 1.19 bits per heavy atom. The molecular weight excluding hydrogens is 336 g/mol. The van der Waals surface area contributed by atoms with E-state index in [9.17, 15) is 24.8 Å². The van der Waals surface area contributed by atoms with Crippen molar-refractivity contribution in [1.29, 1.82) is 0 Å². The van der Waals surface area contributed by atoms with E-state index in [2.05, 4.69) is 5.32 Å². The van der Waals surface area contributed by atoms with E-state index in [1.54, 1.807) is 44.2 Å². The summed E-state index contributed by atoms with van der Waals surface area (Å²) >= 11 is 0. The third kappa shape index (κ3) is 3.72. The molecule has 0 saturated heterocycles. The van der Waals surface area contributed by atoms with E-state index in [0.717, 1.165) is 0 Å². The molecule has 0 heterocycles. The largest absolute Gasteiger partial charge is 0.481 e. The Morgan fingerprint density at radius 3 is 2.35 bits per heavy atom. The van der Waals surface area contributed by atoms with Gasteiger partial charge in [0.15, 0.2) is 0 Å². The number of aliphatic carboxylic acids is 1. The molecule has 1 unspecified atom stereocenters. The van der Waals surface area contributed by atoms with Gasteiger partial charge in [-0.2, -0.15) is 0 Å². The van der Waals surface area contributed by atoms with Gasteiger partial charge in [-0.05, 0) is 30.5 Å². The quantitative estimate of drug-likeness (QED) is 0.585. The minimum Gasteiger partial charge on any atom is -0.481 e. The third-order valence-electron chi connectivity index (χ3n) is 4.56. The summed E-state index contributed by atoms with van der Waals surface area (Å²) in [6.07, 6.45) is 0.297. The van der Waals surface area contributed by atoms with Crippen molar-refractivity contribution < 1.29 is 19.6 Å². The van der Waals surface area contributed by atoms with Gasteiger partial charge in [0, 0.05) is 24.2 Å². The summed E-state index contributed by atoms with van der Waals surface area (Å²) in [4.78, 5) is 34.7. The summed E-state index contributed by atoms with van der Waals surface area (Å²) < 4.78 is 0. The van der Waals surface area contributed by atoms with Gasteiger partial charge in [-0.15, -0.1) is 0 Å². The Hall–Kier alpha value is -3.22. The molecule has 7 nitrogen and oxygen atoms in total. The van der Waals surface area contributed by atoms with Crippen LogP contribution in [0.1, 0.15) is 34.8 Å². The van der Waals surface area contributed by atoms with Crippen molar-refractivity contribution in [1.82, 2.24) is 5.32 Å². The molecule has 0 fully saturated rings. The fourth-order valence-electron chi connectivity index (χ4n) is 2.88. The molecule has 0 aromatic heterocycles. The molecule has 2 rings (SSSR count). The number of nitro benzene ring substituents is 1. The average molecular weight is 356 g/mol. The van der Waals surface area contributed by atoms with Crippen LogP contribution in [-0.2, 0) is 10.2 Å². The first-order chi connectivity index (χ1) is 12.3. The van der Waals surface area contributed by atoms with Crippen LogP contribution in [-0.4, -0.2) is 28.5 Å². The SMILES string of the molecule is CCC(CNC(=O)c1ccc([N+](=O)[O-])cc1C)(C(=O)O)c1ccccc1. The molecule has 0 saturated carbocycles. The highest BCUT2D eigenvalue weighted by atomic mass is 16.6. The lowest BCUT2D eigenvalue weighted by molar-refractivity contribution is -0.384. The van der Waals surface area contributed by atoms with Crippen molar-refractivity contribution in [2.24, 2.45) is 0 Å². The number of hydrogen-bond acceptors (Lipinski definition) is 4. The molecule has 0 spiro atoms. The summed E-state index contributed by atoms with van der Waals surface area (Å²) in [6.45, 7) is 3.27. The lowest BCUT2D eigenvalue weighted by Gasteiger charge is -2.29. The minimum absolute atomic E-state index is 0.0852. The van der Waals surface area contributed by atoms with Gasteiger partial charge in [0.1, 0.15) is 5.41 Å². The Bertz CT molecular complexity index is 835. The number of nitrogens with zero attached hydrogens (tertiary/aromatic N) is 1. The summed E-state index contributed by atoms with van der Waals surface area (Å²) in [5.41, 5.74) is -0.00797. The van der Waals surface area contributed by atoms with Gasteiger partial charge in [0.05, 0.1) is 4.92 Å². The number of amides is 1. The van der Waals surface area contributed by atoms with E-state index in [4.69, 9.17) is 0 Å². The number of hydrogen-bond donors (Lipinski definition) is 2. The van der Waals surface area contributed by atoms with Crippen LogP contribution in [0.25, 0.3) is 0 Å². The molecule has 2 N–H and O–H groups in total. The lowest BCUT2D eigenvalue weighted by atomic mass is 9.78. The molecule has 7 heteroatoms. The highest BCUT2D eigenvalue weighted by Gasteiger charge is 2.39. The maximum atomic E-state index is 12.5. The molecule has 136 valence electrons. The summed E-state index contributed by atoms with van der Waals surface area (Å²) in [5.74, 6) is -1.49. The Morgan fingerprint density at radius 2 is 1.85 bits per heavy atom. The van der Waals surface area contributed by atoms with Gasteiger partial charge >= 0.3 is 5.97 Å². The van der Waals surface area contributed by atoms with Crippen LogP contribution in [0.4, 0.5) is 5.69 Å². The van der Waals surface area contributed by atoms with E-state index in [0.29, 0.717) is 17.5 Å². The van der Waals surface area contributed by atoms with Gasteiger partial charge in [0.2, 0.25) is 0 Å². The number of benzene rings is 2. The average Bonchev–Trinajstić information content (AvgIpc) is 2.62. The van der Waals surface area contributed by atoms with Crippen molar-refractivity contribution in [2.45, 2.75) is 25.7 Å². The van der Waals surface area contributed by atoms with Gasteiger partial charge in [-0.25, -0.2) is 0 Å². The molecule has 0 radical (unpaired) electrons. The van der Waals surface area contributed by atoms with Gasteiger partial charge in [-0.3, -0.25) is 19.7 Å². The van der Waals surface area contributed by atoms with Crippen LogP contribution in [0.5, 0.6) is 0 Å².